The van der Waals surface area contributed by atoms with Crippen LogP contribution in [0.2, 0.25) is 0 Å². The standard InChI is InChI=1S/C19H21F2N3O4S/c1-12-7-14(13-3-2-4-15(20)8-13)9-17(18(12)21)19(25)23-24-29(26,27)11-16-10-22-5-6-28-16/h2-4,7-9,16,22,24H,5-6,10-11H2,1H3,(H,23,25). The van der Waals surface area contributed by atoms with Crippen molar-refractivity contribution in [3.63, 3.8) is 0 Å². The molecule has 3 N–H and O–H groups in total. The molecule has 3 rings (SSSR count). The lowest BCUT2D eigenvalue weighted by molar-refractivity contribution is 0.0428. The first kappa shape index (κ1) is 21.3. The molecule has 0 spiro atoms. The predicted molar refractivity (Wildman–Crippen MR) is 104 cm³/mol. The van der Waals surface area contributed by atoms with Crippen LogP contribution in [0.15, 0.2) is 36.4 Å². The number of aryl methyl sites for hydroxylation is 1. The van der Waals surface area contributed by atoms with Gasteiger partial charge in [0.05, 0.1) is 24.0 Å². The molecule has 0 radical (unpaired) electrons. The molecule has 7 nitrogen and oxygen atoms in total. The quantitative estimate of drug-likeness (QED) is 0.610. The molecule has 1 amide bonds. The Bertz CT molecular complexity index is 1010. The second kappa shape index (κ2) is 8.95. The van der Waals surface area contributed by atoms with Crippen molar-refractivity contribution < 1.29 is 26.7 Å². The van der Waals surface area contributed by atoms with Crippen LogP contribution in [-0.4, -0.2) is 45.9 Å². The first-order chi connectivity index (χ1) is 13.7. The number of hydrogen-bond acceptors (Lipinski definition) is 5. The third kappa shape index (κ3) is 5.57. The summed E-state index contributed by atoms with van der Waals surface area (Å²) in [6.45, 7) is 2.87. The molecule has 1 atom stereocenters. The summed E-state index contributed by atoms with van der Waals surface area (Å²) in [6.07, 6.45) is -0.548. The maximum absolute atomic E-state index is 14.5. The molecule has 29 heavy (non-hydrogen) atoms. The summed E-state index contributed by atoms with van der Waals surface area (Å²) in [5, 5.41) is 3.01. The van der Waals surface area contributed by atoms with Crippen LogP contribution in [-0.2, 0) is 14.8 Å². The van der Waals surface area contributed by atoms with E-state index in [9.17, 15) is 22.0 Å². The largest absolute Gasteiger partial charge is 0.374 e. The minimum absolute atomic E-state index is 0.168. The number of ether oxygens (including phenoxy) is 1. The number of hydrazine groups is 1. The third-order valence-electron chi connectivity index (χ3n) is 4.39. The van der Waals surface area contributed by atoms with Gasteiger partial charge in [-0.3, -0.25) is 10.2 Å². The van der Waals surface area contributed by atoms with E-state index >= 15 is 0 Å². The van der Waals surface area contributed by atoms with Crippen molar-refractivity contribution in [2.75, 3.05) is 25.4 Å². The van der Waals surface area contributed by atoms with Gasteiger partial charge in [0.25, 0.3) is 5.91 Å². The highest BCUT2D eigenvalue weighted by molar-refractivity contribution is 7.89. The van der Waals surface area contributed by atoms with Gasteiger partial charge >= 0.3 is 0 Å². The molecule has 1 fully saturated rings. The van der Waals surface area contributed by atoms with E-state index in [4.69, 9.17) is 4.74 Å². The first-order valence-electron chi connectivity index (χ1n) is 8.93. The first-order valence-corrected chi connectivity index (χ1v) is 10.6. The summed E-state index contributed by atoms with van der Waals surface area (Å²) >= 11 is 0. The molecule has 0 aromatic heterocycles. The Morgan fingerprint density at radius 2 is 2.03 bits per heavy atom. The van der Waals surface area contributed by atoms with Crippen molar-refractivity contribution >= 4 is 15.9 Å². The Hall–Kier alpha value is -2.40. The molecular formula is C19H21F2N3O4S. The van der Waals surface area contributed by atoms with Crippen molar-refractivity contribution in [1.29, 1.82) is 0 Å². The van der Waals surface area contributed by atoms with Gasteiger partial charge in [0.1, 0.15) is 11.6 Å². The fraction of sp³-hybridized carbons (Fsp3) is 0.316. The highest BCUT2D eigenvalue weighted by Crippen LogP contribution is 2.25. The van der Waals surface area contributed by atoms with E-state index in [-0.39, 0.29) is 16.9 Å². The number of halogens is 2. The van der Waals surface area contributed by atoms with E-state index in [0.717, 1.165) is 0 Å². The number of benzene rings is 2. The van der Waals surface area contributed by atoms with E-state index in [0.29, 0.717) is 30.8 Å². The van der Waals surface area contributed by atoms with Crippen molar-refractivity contribution in [2.24, 2.45) is 0 Å². The molecule has 1 aliphatic rings. The molecule has 0 saturated carbocycles. The smallest absolute Gasteiger partial charge is 0.269 e. The Labute approximate surface area is 167 Å². The molecule has 1 heterocycles. The Morgan fingerprint density at radius 1 is 1.24 bits per heavy atom. The van der Waals surface area contributed by atoms with Crippen LogP contribution in [0.25, 0.3) is 11.1 Å². The van der Waals surface area contributed by atoms with Crippen LogP contribution in [0, 0.1) is 18.6 Å². The number of carbonyl (C=O) groups excluding carboxylic acids is 1. The van der Waals surface area contributed by atoms with Crippen LogP contribution in [0.3, 0.4) is 0 Å². The van der Waals surface area contributed by atoms with E-state index < -0.39 is 33.7 Å². The van der Waals surface area contributed by atoms with Crippen LogP contribution in [0.1, 0.15) is 15.9 Å². The van der Waals surface area contributed by atoms with E-state index in [1.807, 2.05) is 10.3 Å². The molecule has 1 unspecified atom stereocenters. The minimum atomic E-state index is -3.89. The molecular weight excluding hydrogens is 404 g/mol. The third-order valence-corrected chi connectivity index (χ3v) is 5.61. The van der Waals surface area contributed by atoms with E-state index in [1.54, 1.807) is 6.07 Å². The normalized spacial score (nSPS) is 17.1. The number of rotatable bonds is 6. The average molecular weight is 425 g/mol. The van der Waals surface area contributed by atoms with Crippen LogP contribution < -0.4 is 15.6 Å². The minimum Gasteiger partial charge on any atom is -0.374 e. The van der Waals surface area contributed by atoms with Gasteiger partial charge in [-0.2, -0.15) is 0 Å². The monoisotopic (exact) mass is 425 g/mol. The van der Waals surface area contributed by atoms with Gasteiger partial charge in [-0.15, -0.1) is 4.83 Å². The maximum Gasteiger partial charge on any atom is 0.269 e. The lowest BCUT2D eigenvalue weighted by atomic mass is 9.99. The van der Waals surface area contributed by atoms with E-state index in [1.165, 1.54) is 37.3 Å². The summed E-state index contributed by atoms with van der Waals surface area (Å²) in [4.78, 5) is 14.4. The summed E-state index contributed by atoms with van der Waals surface area (Å²) in [5.41, 5.74) is 2.72. The summed E-state index contributed by atoms with van der Waals surface area (Å²) in [5.74, 6) is -2.58. The molecule has 2 aromatic rings. The highest BCUT2D eigenvalue weighted by atomic mass is 32.2. The number of carbonyl (C=O) groups is 1. The fourth-order valence-electron chi connectivity index (χ4n) is 2.97. The summed E-state index contributed by atoms with van der Waals surface area (Å²) in [7, 11) is -3.89. The average Bonchev–Trinajstić information content (AvgIpc) is 2.68. The number of sulfonamides is 1. The molecule has 156 valence electrons. The molecule has 2 aromatic carbocycles. The van der Waals surface area contributed by atoms with Gasteiger partial charge in [0.2, 0.25) is 10.0 Å². The Balaban J connectivity index is 1.74. The zero-order valence-corrected chi connectivity index (χ0v) is 16.5. The maximum atomic E-state index is 14.5. The van der Waals surface area contributed by atoms with Crippen LogP contribution in [0.5, 0.6) is 0 Å². The zero-order valence-electron chi connectivity index (χ0n) is 15.7. The second-order valence-corrected chi connectivity index (χ2v) is 8.47. The highest BCUT2D eigenvalue weighted by Gasteiger charge is 2.23. The molecule has 1 aliphatic heterocycles. The molecule has 1 saturated heterocycles. The lowest BCUT2D eigenvalue weighted by Gasteiger charge is -2.23. The second-order valence-electron chi connectivity index (χ2n) is 6.70. The van der Waals surface area contributed by atoms with Crippen molar-refractivity contribution in [2.45, 2.75) is 13.0 Å². The van der Waals surface area contributed by atoms with Crippen molar-refractivity contribution in [1.82, 2.24) is 15.6 Å². The Kier molecular flexibility index (Phi) is 6.58. The predicted octanol–water partition coefficient (Wildman–Crippen LogP) is 1.49. The van der Waals surface area contributed by atoms with Crippen LogP contribution in [0.4, 0.5) is 8.78 Å². The van der Waals surface area contributed by atoms with Gasteiger partial charge in [-0.25, -0.2) is 17.2 Å². The van der Waals surface area contributed by atoms with Gasteiger partial charge < -0.3 is 10.1 Å². The van der Waals surface area contributed by atoms with Crippen LogP contribution >= 0.6 is 0 Å². The Morgan fingerprint density at radius 3 is 2.72 bits per heavy atom. The van der Waals surface area contributed by atoms with Gasteiger partial charge in [-0.05, 0) is 47.9 Å². The SMILES string of the molecule is Cc1cc(-c2cccc(F)c2)cc(C(=O)NNS(=O)(=O)CC2CNCCO2)c1F. The molecule has 0 aliphatic carbocycles. The summed E-state index contributed by atoms with van der Waals surface area (Å²) < 4.78 is 57.6. The number of amides is 1. The molecule has 10 heteroatoms. The van der Waals surface area contributed by atoms with Gasteiger partial charge in [0.15, 0.2) is 0 Å². The number of hydrogen-bond donors (Lipinski definition) is 3. The van der Waals surface area contributed by atoms with Gasteiger partial charge in [0, 0.05) is 13.1 Å². The van der Waals surface area contributed by atoms with E-state index in [2.05, 4.69) is 5.32 Å². The summed E-state index contributed by atoms with van der Waals surface area (Å²) in [6, 6.07) is 8.38. The topological polar surface area (TPSA) is 96.5 Å². The molecule has 0 bridgehead atoms. The van der Waals surface area contributed by atoms with Crippen molar-refractivity contribution in [3.05, 3.63) is 59.2 Å². The zero-order chi connectivity index (χ0) is 21.0. The number of nitrogens with one attached hydrogen (secondary N) is 3. The fourth-order valence-corrected chi connectivity index (χ4v) is 4.01. The number of morpholine rings is 1. The van der Waals surface area contributed by atoms with Gasteiger partial charge in [-0.1, -0.05) is 12.1 Å². The van der Waals surface area contributed by atoms with Crippen molar-refractivity contribution in [3.8, 4) is 11.1 Å². The lowest BCUT2D eigenvalue weighted by Crippen LogP contribution is -2.48.